The SMILES string of the molecule is CCOc1ccc(CN(CCO)C2CCCC2)cc1. The molecule has 1 fully saturated rings. The van der Waals surface area contributed by atoms with Gasteiger partial charge in [0.25, 0.3) is 0 Å². The highest BCUT2D eigenvalue weighted by Gasteiger charge is 2.22. The van der Waals surface area contributed by atoms with Crippen molar-refractivity contribution in [2.75, 3.05) is 19.8 Å². The maximum Gasteiger partial charge on any atom is 0.119 e. The van der Waals surface area contributed by atoms with Crippen LogP contribution in [-0.2, 0) is 6.54 Å². The number of rotatable bonds is 7. The van der Waals surface area contributed by atoms with E-state index in [1.165, 1.54) is 31.2 Å². The molecule has 0 bridgehead atoms. The van der Waals surface area contributed by atoms with Crippen molar-refractivity contribution in [1.82, 2.24) is 4.90 Å². The van der Waals surface area contributed by atoms with E-state index >= 15 is 0 Å². The zero-order valence-electron chi connectivity index (χ0n) is 11.8. The van der Waals surface area contributed by atoms with Gasteiger partial charge in [-0.25, -0.2) is 0 Å². The lowest BCUT2D eigenvalue weighted by Crippen LogP contribution is -2.35. The van der Waals surface area contributed by atoms with Crippen molar-refractivity contribution in [3.05, 3.63) is 29.8 Å². The van der Waals surface area contributed by atoms with Crippen molar-refractivity contribution in [2.45, 2.75) is 45.2 Å². The van der Waals surface area contributed by atoms with Crippen molar-refractivity contribution in [2.24, 2.45) is 0 Å². The van der Waals surface area contributed by atoms with Gasteiger partial charge in [-0.2, -0.15) is 0 Å². The van der Waals surface area contributed by atoms with Crippen LogP contribution in [0.25, 0.3) is 0 Å². The summed E-state index contributed by atoms with van der Waals surface area (Å²) in [6.07, 6.45) is 5.21. The van der Waals surface area contributed by atoms with Crippen molar-refractivity contribution >= 4 is 0 Å². The third-order valence-electron chi connectivity index (χ3n) is 3.85. The molecule has 1 aromatic carbocycles. The summed E-state index contributed by atoms with van der Waals surface area (Å²) in [4.78, 5) is 2.42. The fraction of sp³-hybridized carbons (Fsp3) is 0.625. The van der Waals surface area contributed by atoms with E-state index in [1.54, 1.807) is 0 Å². The number of aliphatic hydroxyl groups excluding tert-OH is 1. The Morgan fingerprint density at radius 2 is 1.89 bits per heavy atom. The van der Waals surface area contributed by atoms with Gasteiger partial charge in [-0.1, -0.05) is 25.0 Å². The van der Waals surface area contributed by atoms with E-state index < -0.39 is 0 Å². The topological polar surface area (TPSA) is 32.7 Å². The van der Waals surface area contributed by atoms with Gasteiger partial charge in [0.2, 0.25) is 0 Å². The molecule has 1 saturated carbocycles. The Morgan fingerprint density at radius 3 is 2.47 bits per heavy atom. The van der Waals surface area contributed by atoms with Crippen LogP contribution in [0.2, 0.25) is 0 Å². The summed E-state index contributed by atoms with van der Waals surface area (Å²) in [7, 11) is 0. The van der Waals surface area contributed by atoms with Gasteiger partial charge in [0.1, 0.15) is 5.75 Å². The van der Waals surface area contributed by atoms with E-state index in [0.29, 0.717) is 12.6 Å². The number of aliphatic hydroxyl groups is 1. The Labute approximate surface area is 116 Å². The fourth-order valence-corrected chi connectivity index (χ4v) is 2.88. The molecule has 0 unspecified atom stereocenters. The summed E-state index contributed by atoms with van der Waals surface area (Å²) in [5.41, 5.74) is 1.30. The Bertz CT molecular complexity index is 358. The molecule has 3 heteroatoms. The molecule has 0 spiro atoms. The molecule has 1 aromatic rings. The predicted octanol–water partition coefficient (Wildman–Crippen LogP) is 2.82. The van der Waals surface area contributed by atoms with Crippen molar-refractivity contribution in [1.29, 1.82) is 0 Å². The van der Waals surface area contributed by atoms with Gasteiger partial charge in [-0.15, -0.1) is 0 Å². The Kier molecular flexibility index (Phi) is 5.67. The largest absolute Gasteiger partial charge is 0.494 e. The molecule has 0 radical (unpaired) electrons. The monoisotopic (exact) mass is 263 g/mol. The molecule has 3 nitrogen and oxygen atoms in total. The van der Waals surface area contributed by atoms with Gasteiger partial charge in [0.15, 0.2) is 0 Å². The minimum absolute atomic E-state index is 0.244. The van der Waals surface area contributed by atoms with Crippen LogP contribution in [-0.4, -0.2) is 35.8 Å². The van der Waals surface area contributed by atoms with E-state index in [0.717, 1.165) is 18.8 Å². The first-order valence-electron chi connectivity index (χ1n) is 7.40. The zero-order valence-corrected chi connectivity index (χ0v) is 11.8. The number of hydrogen-bond acceptors (Lipinski definition) is 3. The molecule has 0 heterocycles. The van der Waals surface area contributed by atoms with Gasteiger partial charge in [0.05, 0.1) is 13.2 Å². The Morgan fingerprint density at radius 1 is 1.21 bits per heavy atom. The molecule has 106 valence electrons. The molecule has 2 rings (SSSR count). The molecule has 19 heavy (non-hydrogen) atoms. The van der Waals surface area contributed by atoms with Crippen molar-refractivity contribution < 1.29 is 9.84 Å². The number of ether oxygens (including phenoxy) is 1. The summed E-state index contributed by atoms with van der Waals surface area (Å²) >= 11 is 0. The first-order chi connectivity index (χ1) is 9.33. The second kappa shape index (κ2) is 7.51. The van der Waals surface area contributed by atoms with Crippen LogP contribution in [0.4, 0.5) is 0 Å². The second-order valence-electron chi connectivity index (χ2n) is 5.21. The standard InChI is InChI=1S/C16H25NO2/c1-2-19-16-9-7-14(8-10-16)13-17(11-12-18)15-5-3-4-6-15/h7-10,15,18H,2-6,11-13H2,1H3. The average molecular weight is 263 g/mol. The molecule has 0 amide bonds. The third kappa shape index (κ3) is 4.22. The quantitative estimate of drug-likeness (QED) is 0.821. The number of hydrogen-bond donors (Lipinski definition) is 1. The molecular formula is C16H25NO2. The first-order valence-corrected chi connectivity index (χ1v) is 7.40. The molecule has 0 aromatic heterocycles. The highest BCUT2D eigenvalue weighted by molar-refractivity contribution is 5.27. The lowest BCUT2D eigenvalue weighted by molar-refractivity contribution is 0.145. The molecule has 1 aliphatic rings. The van der Waals surface area contributed by atoms with Crippen LogP contribution in [0.3, 0.4) is 0 Å². The highest BCUT2D eigenvalue weighted by Crippen LogP contribution is 2.25. The minimum atomic E-state index is 0.244. The normalized spacial score (nSPS) is 16.2. The summed E-state index contributed by atoms with van der Waals surface area (Å²) in [5.74, 6) is 0.931. The Balaban J connectivity index is 1.95. The fourth-order valence-electron chi connectivity index (χ4n) is 2.88. The van der Waals surface area contributed by atoms with Crippen molar-refractivity contribution in [3.8, 4) is 5.75 Å². The van der Waals surface area contributed by atoms with Crippen LogP contribution in [0.15, 0.2) is 24.3 Å². The molecular weight excluding hydrogens is 238 g/mol. The molecule has 1 aliphatic carbocycles. The van der Waals surface area contributed by atoms with Crippen molar-refractivity contribution in [3.63, 3.8) is 0 Å². The van der Waals surface area contributed by atoms with Crippen LogP contribution >= 0.6 is 0 Å². The first kappa shape index (κ1) is 14.4. The smallest absolute Gasteiger partial charge is 0.119 e. The number of benzene rings is 1. The average Bonchev–Trinajstić information content (AvgIpc) is 2.95. The van der Waals surface area contributed by atoms with Crippen LogP contribution in [0, 0.1) is 0 Å². The lowest BCUT2D eigenvalue weighted by atomic mass is 10.1. The third-order valence-corrected chi connectivity index (χ3v) is 3.85. The van der Waals surface area contributed by atoms with Gasteiger partial charge in [-0.3, -0.25) is 4.90 Å². The molecule has 0 saturated heterocycles. The van der Waals surface area contributed by atoms with Gasteiger partial charge in [0, 0.05) is 19.1 Å². The van der Waals surface area contributed by atoms with Crippen LogP contribution < -0.4 is 4.74 Å². The summed E-state index contributed by atoms with van der Waals surface area (Å²) < 4.78 is 5.46. The van der Waals surface area contributed by atoms with E-state index in [2.05, 4.69) is 17.0 Å². The van der Waals surface area contributed by atoms with E-state index in [4.69, 9.17) is 4.74 Å². The second-order valence-corrected chi connectivity index (χ2v) is 5.21. The zero-order chi connectivity index (χ0) is 13.5. The maximum atomic E-state index is 9.23. The molecule has 0 atom stereocenters. The molecule has 0 aliphatic heterocycles. The summed E-state index contributed by atoms with van der Waals surface area (Å²) in [5, 5.41) is 9.23. The van der Waals surface area contributed by atoms with Crippen LogP contribution in [0.1, 0.15) is 38.2 Å². The van der Waals surface area contributed by atoms with Gasteiger partial charge >= 0.3 is 0 Å². The summed E-state index contributed by atoms with van der Waals surface area (Å²) in [6, 6.07) is 8.97. The van der Waals surface area contributed by atoms with E-state index in [9.17, 15) is 5.11 Å². The molecule has 1 N–H and O–H groups in total. The van der Waals surface area contributed by atoms with Gasteiger partial charge in [-0.05, 0) is 37.5 Å². The van der Waals surface area contributed by atoms with E-state index in [1.807, 2.05) is 19.1 Å². The minimum Gasteiger partial charge on any atom is -0.494 e. The number of nitrogens with zero attached hydrogens (tertiary/aromatic N) is 1. The summed E-state index contributed by atoms with van der Waals surface area (Å²) in [6.45, 7) is 4.65. The van der Waals surface area contributed by atoms with Crippen LogP contribution in [0.5, 0.6) is 5.75 Å². The predicted molar refractivity (Wildman–Crippen MR) is 77.4 cm³/mol. The lowest BCUT2D eigenvalue weighted by Gasteiger charge is -2.28. The Hall–Kier alpha value is -1.06. The van der Waals surface area contributed by atoms with Gasteiger partial charge < -0.3 is 9.84 Å². The highest BCUT2D eigenvalue weighted by atomic mass is 16.5. The maximum absolute atomic E-state index is 9.23. The van der Waals surface area contributed by atoms with E-state index in [-0.39, 0.29) is 6.61 Å².